The normalized spacial score (nSPS) is 14.0. The molecule has 0 amide bonds. The van der Waals surface area contributed by atoms with Crippen LogP contribution in [0.25, 0.3) is 11.5 Å². The minimum atomic E-state index is -0.644. The van der Waals surface area contributed by atoms with Crippen molar-refractivity contribution in [1.82, 2.24) is 10.2 Å². The first-order chi connectivity index (χ1) is 10.6. The Morgan fingerprint density at radius 2 is 2.14 bits per heavy atom. The number of ether oxygens (including phenoxy) is 3. The third kappa shape index (κ3) is 2.95. The van der Waals surface area contributed by atoms with E-state index in [1.807, 2.05) is 6.92 Å². The standard InChI is InChI=1S/C14H14N2O6/c1-8-5-10(9(2)21-8)13-16-15-12(22-13)7-20-14(17)11-6-18-3-4-19-11/h5-6H,3-4,7H2,1-2H3. The lowest BCUT2D eigenvalue weighted by molar-refractivity contribution is -0.146. The van der Waals surface area contributed by atoms with E-state index in [4.69, 9.17) is 23.0 Å². The largest absolute Gasteiger partial charge is 0.493 e. The van der Waals surface area contributed by atoms with Gasteiger partial charge in [0.15, 0.2) is 6.61 Å². The molecule has 22 heavy (non-hydrogen) atoms. The van der Waals surface area contributed by atoms with Gasteiger partial charge < -0.3 is 23.0 Å². The van der Waals surface area contributed by atoms with Crippen LogP contribution >= 0.6 is 0 Å². The first-order valence-electron chi connectivity index (χ1n) is 6.65. The number of nitrogens with zero attached hydrogens (tertiary/aromatic N) is 2. The molecule has 0 saturated heterocycles. The number of carbonyl (C=O) groups excluding carboxylic acids is 1. The molecule has 0 aliphatic carbocycles. The van der Waals surface area contributed by atoms with Crippen molar-refractivity contribution in [1.29, 1.82) is 0 Å². The Balaban J connectivity index is 1.63. The Morgan fingerprint density at radius 3 is 2.82 bits per heavy atom. The van der Waals surface area contributed by atoms with Crippen LogP contribution in [0.4, 0.5) is 0 Å². The van der Waals surface area contributed by atoms with Crippen molar-refractivity contribution in [2.45, 2.75) is 20.5 Å². The van der Waals surface area contributed by atoms with E-state index in [0.29, 0.717) is 30.4 Å². The third-order valence-electron chi connectivity index (χ3n) is 2.92. The summed E-state index contributed by atoms with van der Waals surface area (Å²) >= 11 is 0. The molecule has 0 bridgehead atoms. The van der Waals surface area contributed by atoms with Crippen LogP contribution in [0.3, 0.4) is 0 Å². The van der Waals surface area contributed by atoms with E-state index in [1.54, 1.807) is 13.0 Å². The number of rotatable bonds is 4. The summed E-state index contributed by atoms with van der Waals surface area (Å²) in [7, 11) is 0. The van der Waals surface area contributed by atoms with Crippen molar-refractivity contribution in [3.63, 3.8) is 0 Å². The van der Waals surface area contributed by atoms with Gasteiger partial charge in [0.2, 0.25) is 5.76 Å². The lowest BCUT2D eigenvalue weighted by Gasteiger charge is -2.13. The van der Waals surface area contributed by atoms with E-state index in [1.165, 1.54) is 6.26 Å². The van der Waals surface area contributed by atoms with Crippen LogP contribution in [-0.4, -0.2) is 29.4 Å². The Labute approximate surface area is 125 Å². The molecule has 0 unspecified atom stereocenters. The lowest BCUT2D eigenvalue weighted by atomic mass is 10.2. The summed E-state index contributed by atoms with van der Waals surface area (Å²) in [5.41, 5.74) is 0.717. The SMILES string of the molecule is Cc1cc(-c2nnc(COC(=O)C3=COCCO3)o2)c(C)o1. The van der Waals surface area contributed by atoms with Gasteiger partial charge in [0.05, 0.1) is 5.56 Å². The van der Waals surface area contributed by atoms with E-state index in [-0.39, 0.29) is 18.3 Å². The molecule has 8 heteroatoms. The average molecular weight is 306 g/mol. The maximum atomic E-state index is 11.7. The van der Waals surface area contributed by atoms with Gasteiger partial charge in [-0.2, -0.15) is 0 Å². The fourth-order valence-electron chi connectivity index (χ4n) is 1.94. The average Bonchev–Trinajstić information content (AvgIpc) is 3.12. The number of aromatic nitrogens is 2. The van der Waals surface area contributed by atoms with Crippen molar-refractivity contribution in [2.75, 3.05) is 13.2 Å². The van der Waals surface area contributed by atoms with Gasteiger partial charge in [-0.05, 0) is 19.9 Å². The van der Waals surface area contributed by atoms with E-state index in [2.05, 4.69) is 10.2 Å². The number of hydrogen-bond donors (Lipinski definition) is 0. The summed E-state index contributed by atoms with van der Waals surface area (Å²) in [6, 6.07) is 1.80. The molecule has 0 aromatic carbocycles. The van der Waals surface area contributed by atoms with Gasteiger partial charge in [0.25, 0.3) is 11.8 Å². The van der Waals surface area contributed by atoms with Gasteiger partial charge in [-0.25, -0.2) is 4.79 Å². The molecule has 0 atom stereocenters. The molecule has 0 spiro atoms. The van der Waals surface area contributed by atoms with Crippen LogP contribution in [0.1, 0.15) is 17.4 Å². The molecular weight excluding hydrogens is 292 g/mol. The summed E-state index contributed by atoms with van der Waals surface area (Å²) in [4.78, 5) is 11.7. The minimum Gasteiger partial charge on any atom is -0.493 e. The predicted molar refractivity (Wildman–Crippen MR) is 71.3 cm³/mol. The smallest absolute Gasteiger partial charge is 0.377 e. The summed E-state index contributed by atoms with van der Waals surface area (Å²) in [6.45, 7) is 4.20. The highest BCUT2D eigenvalue weighted by molar-refractivity contribution is 5.85. The quantitative estimate of drug-likeness (QED) is 0.790. The first kappa shape index (κ1) is 14.2. The van der Waals surface area contributed by atoms with Gasteiger partial charge in [0.1, 0.15) is 31.0 Å². The van der Waals surface area contributed by atoms with Gasteiger partial charge in [-0.15, -0.1) is 10.2 Å². The second-order valence-electron chi connectivity index (χ2n) is 4.61. The fourth-order valence-corrected chi connectivity index (χ4v) is 1.94. The van der Waals surface area contributed by atoms with Crippen molar-refractivity contribution in [3.8, 4) is 11.5 Å². The number of carbonyl (C=O) groups is 1. The molecule has 2 aromatic rings. The van der Waals surface area contributed by atoms with Gasteiger partial charge in [-0.1, -0.05) is 0 Å². The van der Waals surface area contributed by atoms with Crippen LogP contribution in [0.5, 0.6) is 0 Å². The van der Waals surface area contributed by atoms with E-state index >= 15 is 0 Å². The number of aryl methyl sites for hydroxylation is 2. The van der Waals surface area contributed by atoms with Crippen LogP contribution in [0.2, 0.25) is 0 Å². The van der Waals surface area contributed by atoms with Crippen LogP contribution in [-0.2, 0) is 25.6 Å². The molecule has 8 nitrogen and oxygen atoms in total. The van der Waals surface area contributed by atoms with Crippen molar-refractivity contribution >= 4 is 5.97 Å². The third-order valence-corrected chi connectivity index (χ3v) is 2.92. The molecule has 1 aliphatic heterocycles. The van der Waals surface area contributed by atoms with Gasteiger partial charge in [0, 0.05) is 0 Å². The molecule has 0 saturated carbocycles. The fraction of sp³-hybridized carbons (Fsp3) is 0.357. The number of furan rings is 1. The molecule has 116 valence electrons. The Morgan fingerprint density at radius 1 is 1.27 bits per heavy atom. The molecule has 2 aromatic heterocycles. The molecule has 0 fully saturated rings. The molecule has 3 heterocycles. The highest BCUT2D eigenvalue weighted by Crippen LogP contribution is 2.25. The van der Waals surface area contributed by atoms with Crippen molar-refractivity contribution in [2.24, 2.45) is 0 Å². The van der Waals surface area contributed by atoms with Crippen LogP contribution in [0, 0.1) is 13.8 Å². The van der Waals surface area contributed by atoms with Gasteiger partial charge >= 0.3 is 5.97 Å². The lowest BCUT2D eigenvalue weighted by Crippen LogP contribution is -2.17. The maximum absolute atomic E-state index is 11.7. The molecule has 0 radical (unpaired) electrons. The minimum absolute atomic E-state index is 0.0206. The van der Waals surface area contributed by atoms with Crippen LogP contribution in [0.15, 0.2) is 26.9 Å². The molecule has 0 N–H and O–H groups in total. The van der Waals surface area contributed by atoms with Crippen molar-refractivity contribution < 1.29 is 27.8 Å². The Kier molecular flexibility index (Phi) is 3.82. The van der Waals surface area contributed by atoms with E-state index in [0.717, 1.165) is 5.76 Å². The second kappa shape index (κ2) is 5.92. The maximum Gasteiger partial charge on any atom is 0.377 e. The molecular formula is C14H14N2O6. The summed E-state index contributed by atoms with van der Waals surface area (Å²) in [5, 5.41) is 7.75. The zero-order valence-electron chi connectivity index (χ0n) is 12.1. The topological polar surface area (TPSA) is 96.8 Å². The van der Waals surface area contributed by atoms with Crippen LogP contribution < -0.4 is 0 Å². The Bertz CT molecular complexity index is 715. The van der Waals surface area contributed by atoms with E-state index < -0.39 is 5.97 Å². The van der Waals surface area contributed by atoms with E-state index in [9.17, 15) is 4.79 Å². The molecule has 1 aliphatic rings. The monoisotopic (exact) mass is 306 g/mol. The zero-order valence-corrected chi connectivity index (χ0v) is 12.1. The van der Waals surface area contributed by atoms with Gasteiger partial charge in [-0.3, -0.25) is 0 Å². The predicted octanol–water partition coefficient (Wildman–Crippen LogP) is 1.88. The first-order valence-corrected chi connectivity index (χ1v) is 6.65. The zero-order chi connectivity index (χ0) is 15.5. The van der Waals surface area contributed by atoms with Crippen molar-refractivity contribution in [3.05, 3.63) is 35.5 Å². The second-order valence-corrected chi connectivity index (χ2v) is 4.61. The summed E-state index contributed by atoms with van der Waals surface area (Å²) < 4.78 is 26.0. The number of esters is 1. The molecule has 3 rings (SSSR count). The highest BCUT2D eigenvalue weighted by Gasteiger charge is 2.19. The highest BCUT2D eigenvalue weighted by atomic mass is 16.6. The summed E-state index contributed by atoms with van der Waals surface area (Å²) in [5.74, 6) is 1.31. The number of hydrogen-bond acceptors (Lipinski definition) is 8. The Hall–Kier alpha value is -2.77. The summed E-state index contributed by atoms with van der Waals surface area (Å²) in [6.07, 6.45) is 1.22.